The second-order valence-corrected chi connectivity index (χ2v) is 9.66. The highest BCUT2D eigenvalue weighted by atomic mass is 35.5. The van der Waals surface area contributed by atoms with Crippen LogP contribution in [0.3, 0.4) is 0 Å². The van der Waals surface area contributed by atoms with Crippen molar-refractivity contribution in [3.8, 4) is 11.4 Å². The van der Waals surface area contributed by atoms with E-state index in [9.17, 15) is 36.2 Å². The zero-order valence-electron chi connectivity index (χ0n) is 20.2. The molecule has 3 aromatic rings. The summed E-state index contributed by atoms with van der Waals surface area (Å²) in [7, 11) is 0. The van der Waals surface area contributed by atoms with E-state index in [1.165, 1.54) is 24.3 Å². The van der Waals surface area contributed by atoms with Crippen molar-refractivity contribution in [2.75, 3.05) is 11.9 Å². The molecule has 17 heteroatoms. The lowest BCUT2D eigenvalue weighted by Gasteiger charge is -2.19. The maximum absolute atomic E-state index is 13.0. The van der Waals surface area contributed by atoms with E-state index < -0.39 is 55.7 Å². The Morgan fingerprint density at radius 1 is 1.08 bits per heavy atom. The third-order valence-electron chi connectivity index (χ3n) is 5.07. The number of benzene rings is 1. The van der Waals surface area contributed by atoms with Gasteiger partial charge in [-0.05, 0) is 38.1 Å². The lowest BCUT2D eigenvalue weighted by molar-refractivity contribution is -0.207. The molecule has 0 fully saturated rings. The first kappa shape index (κ1) is 29.4. The molecule has 0 spiro atoms. The van der Waals surface area contributed by atoms with Crippen LogP contribution in [-0.4, -0.2) is 64.8 Å². The number of hydrogen-bond acceptors (Lipinski definition) is 7. The molecule has 0 amide bonds. The van der Waals surface area contributed by atoms with Crippen molar-refractivity contribution in [3.05, 3.63) is 45.6 Å². The predicted molar refractivity (Wildman–Crippen MR) is 126 cm³/mol. The zero-order chi connectivity index (χ0) is 28.5. The van der Waals surface area contributed by atoms with Gasteiger partial charge in [0.1, 0.15) is 6.54 Å². The summed E-state index contributed by atoms with van der Waals surface area (Å²) in [4.78, 5) is 17.2. The van der Waals surface area contributed by atoms with Gasteiger partial charge < -0.3 is 16.2 Å². The molecule has 3 rings (SSSR count). The molecular formula is C21H25ClF6N8O2. The molecule has 38 heavy (non-hydrogen) atoms. The van der Waals surface area contributed by atoms with Crippen molar-refractivity contribution >= 4 is 17.5 Å². The van der Waals surface area contributed by atoms with Gasteiger partial charge in [0.05, 0.1) is 19.5 Å². The van der Waals surface area contributed by atoms with Gasteiger partial charge >= 0.3 is 18.0 Å². The normalized spacial score (nSPS) is 13.7. The summed E-state index contributed by atoms with van der Waals surface area (Å²) in [6.45, 7) is 1.28. The van der Waals surface area contributed by atoms with Crippen molar-refractivity contribution in [3.63, 3.8) is 0 Å². The lowest BCUT2D eigenvalue weighted by atomic mass is 10.1. The smallest absolute Gasteiger partial charge is 0.382 e. The standard InChI is InChI=1S/C21H25ClF6N8O2/c1-19(2,29)11-30-17-31-15(32-35(17)8-7-20(23,24)25)10-36-18(38)34(9-14(37)21(26,27)28)16(33-36)12-3-5-13(22)6-4-12/h3-6,14,37H,7-11,29H2,1-2H3,(H,30,31,32)/t14-/m0/s1. The van der Waals surface area contributed by atoms with Gasteiger partial charge in [0, 0.05) is 22.7 Å². The van der Waals surface area contributed by atoms with E-state index in [2.05, 4.69) is 20.5 Å². The summed E-state index contributed by atoms with van der Waals surface area (Å²) in [5, 5.41) is 20.8. The second kappa shape index (κ2) is 10.9. The number of alkyl halides is 6. The highest BCUT2D eigenvalue weighted by Gasteiger charge is 2.39. The summed E-state index contributed by atoms with van der Waals surface area (Å²) in [6, 6.07) is 5.72. The summed E-state index contributed by atoms with van der Waals surface area (Å²) in [5.41, 5.74) is 4.37. The van der Waals surface area contributed by atoms with E-state index in [0.29, 0.717) is 9.59 Å². The molecule has 210 valence electrons. The number of nitrogens with zero attached hydrogens (tertiary/aromatic N) is 6. The first-order valence-electron chi connectivity index (χ1n) is 11.1. The number of nitrogens with two attached hydrogens (primary N) is 1. The molecule has 0 aliphatic carbocycles. The van der Waals surface area contributed by atoms with Gasteiger partial charge in [-0.25, -0.2) is 14.2 Å². The van der Waals surface area contributed by atoms with Crippen LogP contribution in [0.1, 0.15) is 26.1 Å². The zero-order valence-corrected chi connectivity index (χ0v) is 20.9. The van der Waals surface area contributed by atoms with Crippen LogP contribution in [0.15, 0.2) is 29.1 Å². The van der Waals surface area contributed by atoms with Crippen molar-refractivity contribution < 1.29 is 31.4 Å². The SMILES string of the molecule is CC(C)(N)CNc1nc(Cn2nc(-c3ccc(Cl)cc3)n(C[C@H](O)C(F)(F)F)c2=O)nn1CCC(F)(F)F. The van der Waals surface area contributed by atoms with Crippen LogP contribution in [0.25, 0.3) is 11.4 Å². The van der Waals surface area contributed by atoms with Crippen LogP contribution in [0.4, 0.5) is 32.3 Å². The highest BCUT2D eigenvalue weighted by molar-refractivity contribution is 6.30. The van der Waals surface area contributed by atoms with E-state index in [0.717, 1.165) is 9.36 Å². The summed E-state index contributed by atoms with van der Waals surface area (Å²) < 4.78 is 79.9. The topological polar surface area (TPSA) is 129 Å². The molecule has 1 aromatic carbocycles. The van der Waals surface area contributed by atoms with E-state index in [-0.39, 0.29) is 29.7 Å². The van der Waals surface area contributed by atoms with E-state index >= 15 is 0 Å². The lowest BCUT2D eigenvalue weighted by Crippen LogP contribution is -2.40. The number of halogens is 7. The molecule has 2 aromatic heterocycles. The van der Waals surface area contributed by atoms with Crippen molar-refractivity contribution in [1.82, 2.24) is 29.1 Å². The first-order chi connectivity index (χ1) is 17.4. The molecule has 0 unspecified atom stereocenters. The Kier molecular flexibility index (Phi) is 8.48. The van der Waals surface area contributed by atoms with Gasteiger partial charge in [-0.2, -0.15) is 36.4 Å². The van der Waals surface area contributed by atoms with Gasteiger partial charge in [0.25, 0.3) is 0 Å². The minimum atomic E-state index is -5.01. The maximum Gasteiger partial charge on any atom is 0.416 e. The largest absolute Gasteiger partial charge is 0.416 e. The van der Waals surface area contributed by atoms with Crippen molar-refractivity contribution in [1.29, 1.82) is 0 Å². The molecule has 10 nitrogen and oxygen atoms in total. The third kappa shape index (κ3) is 7.94. The molecule has 0 aliphatic rings. The van der Waals surface area contributed by atoms with Gasteiger partial charge in [-0.1, -0.05) is 11.6 Å². The Hall–Kier alpha value is -3.11. The van der Waals surface area contributed by atoms with Crippen LogP contribution in [0, 0.1) is 0 Å². The second-order valence-electron chi connectivity index (χ2n) is 9.22. The van der Waals surface area contributed by atoms with Gasteiger partial charge in [-0.15, -0.1) is 5.10 Å². The van der Waals surface area contributed by atoms with Gasteiger partial charge in [-0.3, -0.25) is 4.57 Å². The van der Waals surface area contributed by atoms with Crippen LogP contribution in [-0.2, 0) is 19.6 Å². The van der Waals surface area contributed by atoms with Crippen LogP contribution in [0.2, 0.25) is 5.02 Å². The molecule has 0 saturated carbocycles. The molecule has 0 aliphatic heterocycles. The molecule has 1 atom stereocenters. The number of hydrogen-bond donors (Lipinski definition) is 3. The van der Waals surface area contributed by atoms with E-state index in [1.54, 1.807) is 13.8 Å². The highest BCUT2D eigenvalue weighted by Crippen LogP contribution is 2.24. The summed E-state index contributed by atoms with van der Waals surface area (Å²) in [5.74, 6) is -0.370. The van der Waals surface area contributed by atoms with Crippen molar-refractivity contribution in [2.24, 2.45) is 5.73 Å². The Balaban J connectivity index is 1.99. The molecular weight excluding hydrogens is 546 g/mol. The average molecular weight is 571 g/mol. The van der Waals surface area contributed by atoms with Crippen LogP contribution < -0.4 is 16.7 Å². The molecule has 0 saturated heterocycles. The number of aromatic nitrogens is 6. The number of anilines is 1. The molecule has 4 N–H and O–H groups in total. The average Bonchev–Trinajstić information content (AvgIpc) is 3.31. The Morgan fingerprint density at radius 2 is 1.71 bits per heavy atom. The number of aryl methyl sites for hydroxylation is 1. The van der Waals surface area contributed by atoms with Gasteiger partial charge in [0.15, 0.2) is 17.8 Å². The fraction of sp³-hybridized carbons (Fsp3) is 0.524. The fourth-order valence-electron chi connectivity index (χ4n) is 3.21. The molecule has 0 radical (unpaired) electrons. The van der Waals surface area contributed by atoms with Crippen LogP contribution in [0.5, 0.6) is 0 Å². The Morgan fingerprint density at radius 3 is 2.26 bits per heavy atom. The quantitative estimate of drug-likeness (QED) is 0.320. The van der Waals surface area contributed by atoms with Gasteiger partial charge in [0.2, 0.25) is 5.95 Å². The summed E-state index contributed by atoms with van der Waals surface area (Å²) in [6.07, 6.45) is -13.5. The maximum atomic E-state index is 13.0. The van der Waals surface area contributed by atoms with E-state index in [4.69, 9.17) is 17.3 Å². The van der Waals surface area contributed by atoms with Crippen LogP contribution >= 0.6 is 11.6 Å². The van der Waals surface area contributed by atoms with Crippen molar-refractivity contribution in [2.45, 2.75) is 63.9 Å². The monoisotopic (exact) mass is 570 g/mol. The Labute approximate surface area is 217 Å². The molecule has 2 heterocycles. The molecule has 0 bridgehead atoms. The number of nitrogens with one attached hydrogen (secondary N) is 1. The minimum absolute atomic E-state index is 0.0410. The number of rotatable bonds is 10. The minimum Gasteiger partial charge on any atom is -0.382 e. The third-order valence-corrected chi connectivity index (χ3v) is 5.33. The summed E-state index contributed by atoms with van der Waals surface area (Å²) >= 11 is 5.87. The number of aliphatic hydroxyl groups excluding tert-OH is 1. The Bertz CT molecular complexity index is 1260. The fourth-order valence-corrected chi connectivity index (χ4v) is 3.34. The number of aliphatic hydroxyl groups is 1. The predicted octanol–water partition coefficient (Wildman–Crippen LogP) is 3.03. The first-order valence-corrected chi connectivity index (χ1v) is 11.5. The van der Waals surface area contributed by atoms with E-state index in [1.807, 2.05) is 0 Å².